The minimum absolute atomic E-state index is 0.203. The Kier molecular flexibility index (Phi) is 4.06. The van der Waals surface area contributed by atoms with Gasteiger partial charge in [0.05, 0.1) is 6.61 Å². The van der Waals surface area contributed by atoms with Crippen LogP contribution in [-0.4, -0.2) is 17.1 Å². The van der Waals surface area contributed by atoms with E-state index in [0.29, 0.717) is 6.42 Å². The summed E-state index contributed by atoms with van der Waals surface area (Å²) in [5.41, 5.74) is 1.97. The third-order valence-corrected chi connectivity index (χ3v) is 3.69. The molecule has 4 nitrogen and oxygen atoms in total. The van der Waals surface area contributed by atoms with Gasteiger partial charge >= 0.3 is 0 Å². The van der Waals surface area contributed by atoms with Gasteiger partial charge in [-0.1, -0.05) is 24.3 Å². The monoisotopic (exact) mass is 301 g/mol. The number of benzene rings is 2. The van der Waals surface area contributed by atoms with Crippen LogP contribution < -0.4 is 10.1 Å². The predicted octanol–water partition coefficient (Wildman–Crippen LogP) is 1.94. The topological polar surface area (TPSA) is 58.6 Å². The molecule has 0 spiro atoms. The molecule has 3 rings (SSSR count). The molecule has 2 aromatic rings. The summed E-state index contributed by atoms with van der Waals surface area (Å²) in [6.07, 6.45) is 0.0167. The van der Waals surface area contributed by atoms with E-state index in [1.807, 2.05) is 24.3 Å². The molecular formula is C17H16FNO3. The molecule has 0 saturated heterocycles. The molecule has 0 aromatic heterocycles. The Hall–Kier alpha value is -2.40. The molecule has 0 saturated carbocycles. The van der Waals surface area contributed by atoms with Crippen LogP contribution in [0.25, 0.3) is 0 Å². The summed E-state index contributed by atoms with van der Waals surface area (Å²) in [5.74, 6) is 0.0882. The maximum atomic E-state index is 13.3. The van der Waals surface area contributed by atoms with Gasteiger partial charge in [-0.25, -0.2) is 4.39 Å². The van der Waals surface area contributed by atoms with Gasteiger partial charge in [0.25, 0.3) is 5.91 Å². The summed E-state index contributed by atoms with van der Waals surface area (Å²) < 4.78 is 18.9. The van der Waals surface area contributed by atoms with Crippen molar-refractivity contribution in [2.45, 2.75) is 25.7 Å². The highest BCUT2D eigenvalue weighted by atomic mass is 19.1. The SMILES string of the molecule is O=C(NCc1ccc(F)c(CO)c1)C1Cc2ccccc2O1. The Balaban J connectivity index is 1.60. The molecule has 1 unspecified atom stereocenters. The Labute approximate surface area is 127 Å². The average Bonchev–Trinajstić information content (AvgIpc) is 2.98. The molecule has 1 atom stereocenters. The highest BCUT2D eigenvalue weighted by Gasteiger charge is 2.28. The lowest BCUT2D eigenvalue weighted by Gasteiger charge is -2.12. The lowest BCUT2D eigenvalue weighted by molar-refractivity contribution is -0.127. The van der Waals surface area contributed by atoms with Crippen molar-refractivity contribution in [3.63, 3.8) is 0 Å². The molecule has 5 heteroatoms. The van der Waals surface area contributed by atoms with Crippen molar-refractivity contribution >= 4 is 5.91 Å². The van der Waals surface area contributed by atoms with E-state index in [9.17, 15) is 9.18 Å². The fraction of sp³-hybridized carbons (Fsp3) is 0.235. The number of carbonyl (C=O) groups excluding carboxylic acids is 1. The first kappa shape index (κ1) is 14.5. The Morgan fingerprint density at radius 1 is 1.32 bits per heavy atom. The molecule has 2 aromatic carbocycles. The maximum Gasteiger partial charge on any atom is 0.261 e. The van der Waals surface area contributed by atoms with E-state index in [-0.39, 0.29) is 24.6 Å². The molecule has 1 amide bonds. The van der Waals surface area contributed by atoms with Crippen LogP contribution in [0.3, 0.4) is 0 Å². The first-order valence-electron chi connectivity index (χ1n) is 7.08. The van der Waals surface area contributed by atoms with E-state index in [1.165, 1.54) is 6.07 Å². The smallest absolute Gasteiger partial charge is 0.261 e. The predicted molar refractivity (Wildman–Crippen MR) is 78.7 cm³/mol. The van der Waals surface area contributed by atoms with Crippen molar-refractivity contribution < 1.29 is 19.0 Å². The zero-order valence-corrected chi connectivity index (χ0v) is 11.9. The van der Waals surface area contributed by atoms with Gasteiger partial charge in [0.1, 0.15) is 11.6 Å². The van der Waals surface area contributed by atoms with Crippen LogP contribution in [-0.2, 0) is 24.4 Å². The molecule has 0 radical (unpaired) electrons. The molecule has 1 aliphatic rings. The van der Waals surface area contributed by atoms with Gasteiger partial charge in [0, 0.05) is 18.5 Å². The third kappa shape index (κ3) is 2.94. The normalized spacial score (nSPS) is 16.0. The first-order valence-corrected chi connectivity index (χ1v) is 7.08. The number of aliphatic hydroxyl groups excluding tert-OH is 1. The fourth-order valence-corrected chi connectivity index (χ4v) is 2.49. The van der Waals surface area contributed by atoms with Gasteiger partial charge in [-0.05, 0) is 29.3 Å². The van der Waals surface area contributed by atoms with Gasteiger partial charge in [-0.3, -0.25) is 4.79 Å². The highest BCUT2D eigenvalue weighted by molar-refractivity contribution is 5.82. The third-order valence-electron chi connectivity index (χ3n) is 3.69. The number of para-hydroxylation sites is 1. The number of hydrogen-bond acceptors (Lipinski definition) is 3. The summed E-state index contributed by atoms with van der Waals surface area (Å²) in [6.45, 7) is -0.100. The van der Waals surface area contributed by atoms with Crippen molar-refractivity contribution in [1.82, 2.24) is 5.32 Å². The molecule has 2 N–H and O–H groups in total. The number of carbonyl (C=O) groups is 1. The molecule has 1 heterocycles. The lowest BCUT2D eigenvalue weighted by atomic mass is 10.1. The first-order chi connectivity index (χ1) is 10.7. The van der Waals surface area contributed by atoms with Gasteiger partial charge in [0.15, 0.2) is 6.10 Å². The van der Waals surface area contributed by atoms with Crippen molar-refractivity contribution in [2.24, 2.45) is 0 Å². The molecule has 1 aliphatic heterocycles. The molecule has 0 bridgehead atoms. The zero-order valence-electron chi connectivity index (χ0n) is 11.9. The molecular weight excluding hydrogens is 285 g/mol. The number of hydrogen-bond donors (Lipinski definition) is 2. The van der Waals surface area contributed by atoms with E-state index < -0.39 is 11.9 Å². The van der Waals surface area contributed by atoms with Gasteiger partial charge in [0.2, 0.25) is 0 Å². The number of aliphatic hydroxyl groups is 1. The average molecular weight is 301 g/mol. The minimum atomic E-state index is -0.532. The molecule has 0 fully saturated rings. The van der Waals surface area contributed by atoms with Gasteiger partial charge in [-0.15, -0.1) is 0 Å². The van der Waals surface area contributed by atoms with Crippen molar-refractivity contribution in [2.75, 3.05) is 0 Å². The summed E-state index contributed by atoms with van der Waals surface area (Å²) in [7, 11) is 0. The van der Waals surface area contributed by atoms with E-state index in [2.05, 4.69) is 5.32 Å². The molecule has 114 valence electrons. The van der Waals surface area contributed by atoms with Crippen LogP contribution in [0.4, 0.5) is 4.39 Å². The maximum absolute atomic E-state index is 13.3. The van der Waals surface area contributed by atoms with Crippen LogP contribution in [0.2, 0.25) is 0 Å². The summed E-state index contributed by atoms with van der Waals surface area (Å²) in [4.78, 5) is 12.1. The van der Waals surface area contributed by atoms with Crippen LogP contribution in [0.1, 0.15) is 16.7 Å². The van der Waals surface area contributed by atoms with Crippen molar-refractivity contribution in [3.8, 4) is 5.75 Å². The number of fused-ring (bicyclic) bond motifs is 1. The van der Waals surface area contributed by atoms with Crippen molar-refractivity contribution in [1.29, 1.82) is 0 Å². The number of amides is 1. The quantitative estimate of drug-likeness (QED) is 0.907. The Morgan fingerprint density at radius 3 is 2.91 bits per heavy atom. The summed E-state index contributed by atoms with van der Waals surface area (Å²) in [5, 5.41) is 11.8. The zero-order chi connectivity index (χ0) is 15.5. The van der Waals surface area contributed by atoms with Crippen LogP contribution >= 0.6 is 0 Å². The number of ether oxygens (including phenoxy) is 1. The second-order valence-corrected chi connectivity index (χ2v) is 5.22. The minimum Gasteiger partial charge on any atom is -0.480 e. The largest absolute Gasteiger partial charge is 0.480 e. The Morgan fingerprint density at radius 2 is 2.14 bits per heavy atom. The molecule has 0 aliphatic carbocycles. The van der Waals surface area contributed by atoms with E-state index >= 15 is 0 Å². The van der Waals surface area contributed by atoms with Crippen molar-refractivity contribution in [3.05, 3.63) is 65.0 Å². The van der Waals surface area contributed by atoms with Crippen LogP contribution in [0.15, 0.2) is 42.5 Å². The highest BCUT2D eigenvalue weighted by Crippen LogP contribution is 2.28. The Bertz CT molecular complexity index is 677. The lowest BCUT2D eigenvalue weighted by Crippen LogP contribution is -2.37. The van der Waals surface area contributed by atoms with E-state index in [4.69, 9.17) is 9.84 Å². The second kappa shape index (κ2) is 6.15. The second-order valence-electron chi connectivity index (χ2n) is 5.22. The molecule has 22 heavy (non-hydrogen) atoms. The number of halogens is 1. The van der Waals surface area contributed by atoms with Crippen LogP contribution in [0, 0.1) is 5.82 Å². The van der Waals surface area contributed by atoms with Crippen LogP contribution in [0.5, 0.6) is 5.75 Å². The number of rotatable bonds is 4. The standard InChI is InChI=1S/C17H16FNO3/c18-14-6-5-11(7-13(14)10-20)9-19-17(21)16-8-12-3-1-2-4-15(12)22-16/h1-7,16,20H,8-10H2,(H,19,21). The van der Waals surface area contributed by atoms with Gasteiger partial charge in [-0.2, -0.15) is 0 Å². The fourth-order valence-electron chi connectivity index (χ4n) is 2.49. The van der Waals surface area contributed by atoms with E-state index in [0.717, 1.165) is 16.9 Å². The summed E-state index contributed by atoms with van der Waals surface area (Å²) in [6, 6.07) is 12.0. The van der Waals surface area contributed by atoms with E-state index in [1.54, 1.807) is 12.1 Å². The van der Waals surface area contributed by atoms with Gasteiger partial charge < -0.3 is 15.2 Å². The number of nitrogens with one attached hydrogen (secondary N) is 1. The summed E-state index contributed by atoms with van der Waals surface area (Å²) >= 11 is 0.